The average Bonchev–Trinajstić information content (AvgIpc) is 3.62. The number of rotatable bonds is 10. The van der Waals surface area contributed by atoms with Crippen molar-refractivity contribution in [1.29, 1.82) is 0 Å². The summed E-state index contributed by atoms with van der Waals surface area (Å²) in [6.45, 7) is 0.762. The molecule has 2 amide bonds. The van der Waals surface area contributed by atoms with Crippen molar-refractivity contribution in [2.24, 2.45) is 5.73 Å². The predicted molar refractivity (Wildman–Crippen MR) is 155 cm³/mol. The first-order valence-electron chi connectivity index (χ1n) is 13.9. The van der Waals surface area contributed by atoms with E-state index in [2.05, 4.69) is 15.6 Å². The summed E-state index contributed by atoms with van der Waals surface area (Å²) in [5.41, 5.74) is 9.65. The van der Waals surface area contributed by atoms with E-state index in [4.69, 9.17) is 10.5 Å². The van der Waals surface area contributed by atoms with Gasteiger partial charge in [0.1, 0.15) is 5.75 Å². The van der Waals surface area contributed by atoms with Crippen molar-refractivity contribution < 1.29 is 23.1 Å². The van der Waals surface area contributed by atoms with Gasteiger partial charge >= 0.3 is 6.11 Å². The lowest BCUT2D eigenvalue weighted by atomic mass is 9.99. The van der Waals surface area contributed by atoms with Crippen molar-refractivity contribution >= 4 is 22.7 Å². The van der Waals surface area contributed by atoms with Crippen LogP contribution in [0.5, 0.6) is 5.75 Å². The lowest BCUT2D eigenvalue weighted by Crippen LogP contribution is -2.42. The van der Waals surface area contributed by atoms with Crippen LogP contribution in [0.3, 0.4) is 0 Å². The zero-order chi connectivity index (χ0) is 29.0. The number of halogens is 2. The molecule has 3 aromatic carbocycles. The molecule has 1 aliphatic carbocycles. The van der Waals surface area contributed by atoms with E-state index < -0.39 is 18.1 Å². The van der Waals surface area contributed by atoms with E-state index in [0.717, 1.165) is 42.1 Å². The maximum absolute atomic E-state index is 13.9. The second kappa shape index (κ2) is 12.1. The summed E-state index contributed by atoms with van der Waals surface area (Å²) in [6.07, 6.45) is 2.98. The van der Waals surface area contributed by atoms with Crippen LogP contribution in [-0.4, -0.2) is 41.5 Å². The zero-order valence-electron chi connectivity index (χ0n) is 22.9. The normalized spacial score (nSPS) is 14.6. The van der Waals surface area contributed by atoms with Crippen LogP contribution in [0.15, 0.2) is 72.9 Å². The van der Waals surface area contributed by atoms with E-state index in [1.807, 2.05) is 30.5 Å². The maximum Gasteiger partial charge on any atom is 0.394 e. The molecule has 0 aliphatic heterocycles. The van der Waals surface area contributed by atoms with Crippen LogP contribution in [0.2, 0.25) is 0 Å². The monoisotopic (exact) mass is 560 g/mol. The predicted octanol–water partition coefficient (Wildman–Crippen LogP) is 5.80. The molecule has 1 heterocycles. The van der Waals surface area contributed by atoms with E-state index in [9.17, 15) is 18.4 Å². The molecule has 5 N–H and O–H groups in total. The van der Waals surface area contributed by atoms with E-state index in [1.165, 1.54) is 12.1 Å². The molecule has 5 rings (SSSR count). The number of nitrogens with one attached hydrogen (secondary N) is 3. The Hall–Kier alpha value is -4.24. The van der Waals surface area contributed by atoms with Gasteiger partial charge in [-0.2, -0.15) is 8.78 Å². The third-order valence-electron chi connectivity index (χ3n) is 7.42. The molecule has 0 bridgehead atoms. The standard InChI is InChI=1S/C32H34F2N4O3/c1-32(33,34)41-29-14-13-21(20-7-6-8-22(15-20)30(39)37-24-9-2-3-10-24)17-27(29)31(40)38-25(18-35)16-23-19-36-28-12-5-4-11-26(23)28/h4-8,11-15,17,19,24-25,36H,2-3,9-10,16,18,35H2,1H3,(H,37,39)(H,38,40). The molecule has 0 radical (unpaired) electrons. The molecule has 7 nitrogen and oxygen atoms in total. The molecule has 1 saturated carbocycles. The number of amides is 2. The number of carbonyl (C=O) groups is 2. The molecule has 1 aliphatic rings. The number of aromatic amines is 1. The van der Waals surface area contributed by atoms with Crippen LogP contribution < -0.4 is 21.1 Å². The number of para-hydroxylation sites is 1. The topological polar surface area (TPSA) is 109 Å². The smallest absolute Gasteiger partial charge is 0.394 e. The maximum atomic E-state index is 13.9. The Morgan fingerprint density at radius 3 is 2.54 bits per heavy atom. The summed E-state index contributed by atoms with van der Waals surface area (Å²) in [7, 11) is 0. The van der Waals surface area contributed by atoms with Crippen LogP contribution in [0.1, 0.15) is 58.9 Å². The molecule has 1 unspecified atom stereocenters. The zero-order valence-corrected chi connectivity index (χ0v) is 22.9. The second-order valence-electron chi connectivity index (χ2n) is 10.6. The Kier molecular flexibility index (Phi) is 8.35. The van der Waals surface area contributed by atoms with Crippen LogP contribution in [-0.2, 0) is 6.42 Å². The van der Waals surface area contributed by atoms with E-state index in [-0.39, 0.29) is 29.8 Å². The molecule has 1 atom stereocenters. The van der Waals surface area contributed by atoms with Crippen LogP contribution in [0, 0.1) is 0 Å². The summed E-state index contributed by atoms with van der Waals surface area (Å²) in [6, 6.07) is 19.0. The number of ether oxygens (including phenoxy) is 1. The first kappa shape index (κ1) is 28.3. The third-order valence-corrected chi connectivity index (χ3v) is 7.42. The van der Waals surface area contributed by atoms with Gasteiger partial charge in [-0.05, 0) is 66.3 Å². The van der Waals surface area contributed by atoms with Gasteiger partial charge in [-0.3, -0.25) is 9.59 Å². The van der Waals surface area contributed by atoms with E-state index in [1.54, 1.807) is 30.3 Å². The lowest BCUT2D eigenvalue weighted by Gasteiger charge is -2.20. The van der Waals surface area contributed by atoms with Gasteiger partial charge in [-0.25, -0.2) is 0 Å². The van der Waals surface area contributed by atoms with E-state index in [0.29, 0.717) is 30.0 Å². The quantitative estimate of drug-likeness (QED) is 0.197. The average molecular weight is 561 g/mol. The Morgan fingerprint density at radius 2 is 1.78 bits per heavy atom. The highest BCUT2D eigenvalue weighted by Gasteiger charge is 2.27. The van der Waals surface area contributed by atoms with Gasteiger partial charge in [0.2, 0.25) is 0 Å². The number of fused-ring (bicyclic) bond motifs is 1. The largest absolute Gasteiger partial charge is 0.432 e. The van der Waals surface area contributed by atoms with Gasteiger partial charge in [-0.15, -0.1) is 0 Å². The molecule has 9 heteroatoms. The molecule has 214 valence electrons. The van der Waals surface area contributed by atoms with Crippen molar-refractivity contribution in [3.63, 3.8) is 0 Å². The minimum atomic E-state index is -3.49. The van der Waals surface area contributed by atoms with Gasteiger partial charge in [0, 0.05) is 48.2 Å². The van der Waals surface area contributed by atoms with Crippen molar-refractivity contribution in [2.75, 3.05) is 6.54 Å². The fourth-order valence-corrected chi connectivity index (χ4v) is 5.37. The third kappa shape index (κ3) is 6.92. The summed E-state index contributed by atoms with van der Waals surface area (Å²) in [5.74, 6) is -1.00. The summed E-state index contributed by atoms with van der Waals surface area (Å²) < 4.78 is 32.6. The summed E-state index contributed by atoms with van der Waals surface area (Å²) in [4.78, 5) is 29.6. The van der Waals surface area contributed by atoms with E-state index >= 15 is 0 Å². The van der Waals surface area contributed by atoms with Crippen molar-refractivity contribution in [1.82, 2.24) is 15.6 Å². The van der Waals surface area contributed by atoms with Crippen LogP contribution >= 0.6 is 0 Å². The molecular formula is C32H34F2N4O3. The molecule has 1 aromatic heterocycles. The number of H-pyrrole nitrogens is 1. The summed E-state index contributed by atoms with van der Waals surface area (Å²) in [5, 5.41) is 6.99. The Balaban J connectivity index is 1.40. The molecule has 0 spiro atoms. The van der Waals surface area contributed by atoms with Crippen molar-refractivity contribution in [3.8, 4) is 16.9 Å². The minimum absolute atomic E-state index is 0.0535. The fourth-order valence-electron chi connectivity index (χ4n) is 5.37. The number of aromatic nitrogens is 1. The highest BCUT2D eigenvalue weighted by atomic mass is 19.3. The van der Waals surface area contributed by atoms with Gasteiger partial charge in [0.05, 0.1) is 5.56 Å². The highest BCUT2D eigenvalue weighted by Crippen LogP contribution is 2.31. The first-order chi connectivity index (χ1) is 19.7. The highest BCUT2D eigenvalue weighted by molar-refractivity contribution is 5.99. The van der Waals surface area contributed by atoms with Gasteiger partial charge in [0.25, 0.3) is 11.8 Å². The molecule has 4 aromatic rings. The lowest BCUT2D eigenvalue weighted by molar-refractivity contribution is -0.159. The molecular weight excluding hydrogens is 526 g/mol. The van der Waals surface area contributed by atoms with Crippen molar-refractivity contribution in [3.05, 3.63) is 89.6 Å². The second-order valence-corrected chi connectivity index (χ2v) is 10.6. The van der Waals surface area contributed by atoms with Gasteiger partial charge < -0.3 is 26.1 Å². The fraction of sp³-hybridized carbons (Fsp3) is 0.312. The number of alkyl halides is 2. The molecule has 41 heavy (non-hydrogen) atoms. The SMILES string of the molecule is CC(F)(F)Oc1ccc(-c2cccc(C(=O)NC3CCCC3)c2)cc1C(=O)NC(CN)Cc1c[nH]c2ccccc12. The first-order valence-corrected chi connectivity index (χ1v) is 13.9. The number of nitrogens with two attached hydrogens (primary N) is 1. The Bertz CT molecular complexity index is 1540. The van der Waals surface area contributed by atoms with Gasteiger partial charge in [0.15, 0.2) is 0 Å². The number of hydrogen-bond acceptors (Lipinski definition) is 4. The minimum Gasteiger partial charge on any atom is -0.432 e. The van der Waals surface area contributed by atoms with Crippen LogP contribution in [0.4, 0.5) is 8.78 Å². The van der Waals surface area contributed by atoms with Crippen LogP contribution in [0.25, 0.3) is 22.0 Å². The molecule has 1 fully saturated rings. The van der Waals surface area contributed by atoms with Gasteiger partial charge in [-0.1, -0.05) is 49.2 Å². The summed E-state index contributed by atoms with van der Waals surface area (Å²) >= 11 is 0. The number of carbonyl (C=O) groups excluding carboxylic acids is 2. The van der Waals surface area contributed by atoms with Crippen molar-refractivity contribution in [2.45, 2.75) is 57.2 Å². The Labute approximate surface area is 237 Å². The number of hydrogen-bond donors (Lipinski definition) is 4. The molecule has 0 saturated heterocycles. The number of benzene rings is 3. The Morgan fingerprint density at radius 1 is 1.02 bits per heavy atom.